The molecular weight excluding hydrogens is 226 g/mol. The first kappa shape index (κ1) is 12.5. The zero-order valence-electron chi connectivity index (χ0n) is 9.08. The Hall–Kier alpha value is -2.61. The van der Waals surface area contributed by atoms with Gasteiger partial charge in [-0.2, -0.15) is 10.5 Å². The molecule has 1 aromatic rings. The summed E-state index contributed by atoms with van der Waals surface area (Å²) in [6.45, 7) is 0.711. The second kappa shape index (κ2) is 4.94. The number of nitrogens with zero attached hydrogens (tertiary/aromatic N) is 5. The van der Waals surface area contributed by atoms with Gasteiger partial charge in [-0.3, -0.25) is 0 Å². The summed E-state index contributed by atoms with van der Waals surface area (Å²) < 4.78 is 2.06. The Labute approximate surface area is 95.2 Å². The van der Waals surface area contributed by atoms with E-state index < -0.39 is 30.2 Å². The summed E-state index contributed by atoms with van der Waals surface area (Å²) in [7, 11) is 0. The molecule has 0 aromatic carbocycles. The highest BCUT2D eigenvalue weighted by Crippen LogP contribution is 1.75. The fourth-order valence-corrected chi connectivity index (χ4v) is 1.37. The van der Waals surface area contributed by atoms with Crippen molar-refractivity contribution in [2.45, 2.75) is 26.6 Å². The molecule has 88 valence electrons. The zero-order chi connectivity index (χ0) is 13.0. The Morgan fingerprint density at radius 2 is 1.24 bits per heavy atom. The van der Waals surface area contributed by atoms with Crippen molar-refractivity contribution in [1.29, 1.82) is 10.5 Å². The topological polar surface area (TPSA) is 114 Å². The summed E-state index contributed by atoms with van der Waals surface area (Å²) in [5, 5.41) is 17.0. The fraction of sp³-hybridized carbons (Fsp3) is 0.444. The van der Waals surface area contributed by atoms with Gasteiger partial charge in [0.15, 0.2) is 0 Å². The molecular formula is C9H9N5O3. The second-order valence-corrected chi connectivity index (χ2v) is 3.08. The molecule has 0 saturated carbocycles. The first-order chi connectivity index (χ1) is 8.08. The fourth-order valence-electron chi connectivity index (χ4n) is 1.37. The minimum Gasteiger partial charge on any atom is -0.247 e. The van der Waals surface area contributed by atoms with E-state index in [-0.39, 0.29) is 6.54 Å². The number of nitriles is 2. The van der Waals surface area contributed by atoms with Crippen molar-refractivity contribution in [3.05, 3.63) is 31.5 Å². The average molecular weight is 235 g/mol. The van der Waals surface area contributed by atoms with E-state index in [0.29, 0.717) is 9.13 Å². The minimum atomic E-state index is -0.937. The van der Waals surface area contributed by atoms with Crippen LogP contribution in [0.15, 0.2) is 14.4 Å². The molecule has 1 rings (SSSR count). The van der Waals surface area contributed by atoms with Gasteiger partial charge in [0.25, 0.3) is 0 Å². The van der Waals surface area contributed by atoms with Crippen LogP contribution in [0.25, 0.3) is 0 Å². The highest BCUT2D eigenvalue weighted by atomic mass is 16.2. The van der Waals surface area contributed by atoms with Crippen LogP contribution in [0.1, 0.15) is 6.92 Å². The van der Waals surface area contributed by atoms with Gasteiger partial charge >= 0.3 is 17.1 Å². The number of hydrogen-bond donors (Lipinski definition) is 0. The highest BCUT2D eigenvalue weighted by molar-refractivity contribution is 4.85. The molecule has 1 aromatic heterocycles. The van der Waals surface area contributed by atoms with Gasteiger partial charge in [-0.15, -0.1) is 0 Å². The maximum absolute atomic E-state index is 11.7. The molecule has 0 aliphatic rings. The first-order valence-corrected chi connectivity index (χ1v) is 4.76. The van der Waals surface area contributed by atoms with E-state index in [9.17, 15) is 14.4 Å². The van der Waals surface area contributed by atoms with E-state index in [1.54, 1.807) is 19.1 Å². The number of hydrogen-bond acceptors (Lipinski definition) is 5. The molecule has 1 heterocycles. The lowest BCUT2D eigenvalue weighted by Crippen LogP contribution is -2.54. The lowest BCUT2D eigenvalue weighted by Gasteiger charge is -2.08. The van der Waals surface area contributed by atoms with Crippen molar-refractivity contribution < 1.29 is 0 Å². The second-order valence-electron chi connectivity index (χ2n) is 3.08. The van der Waals surface area contributed by atoms with Crippen molar-refractivity contribution in [2.75, 3.05) is 0 Å². The lowest BCUT2D eigenvalue weighted by molar-refractivity contribution is 0.494. The summed E-state index contributed by atoms with van der Waals surface area (Å²) in [5.41, 5.74) is -2.61. The molecule has 0 fully saturated rings. The van der Waals surface area contributed by atoms with Crippen LogP contribution in [0.5, 0.6) is 0 Å². The van der Waals surface area contributed by atoms with Crippen molar-refractivity contribution in [3.63, 3.8) is 0 Å². The van der Waals surface area contributed by atoms with Crippen LogP contribution in [-0.2, 0) is 19.6 Å². The molecule has 0 N–H and O–H groups in total. The van der Waals surface area contributed by atoms with Gasteiger partial charge in [0, 0.05) is 6.54 Å². The molecule has 0 unspecified atom stereocenters. The van der Waals surface area contributed by atoms with E-state index in [2.05, 4.69) is 0 Å². The van der Waals surface area contributed by atoms with Crippen LogP contribution in [-0.4, -0.2) is 13.7 Å². The Morgan fingerprint density at radius 1 is 0.882 bits per heavy atom. The molecule has 0 saturated heterocycles. The van der Waals surface area contributed by atoms with E-state index in [4.69, 9.17) is 10.5 Å². The molecule has 0 bridgehead atoms. The van der Waals surface area contributed by atoms with Crippen LogP contribution in [0.3, 0.4) is 0 Å². The van der Waals surface area contributed by atoms with E-state index in [1.165, 1.54) is 0 Å². The summed E-state index contributed by atoms with van der Waals surface area (Å²) in [6, 6.07) is 3.31. The molecule has 8 nitrogen and oxygen atoms in total. The molecule has 0 aliphatic carbocycles. The summed E-state index contributed by atoms with van der Waals surface area (Å²) in [5.74, 6) is 0. The normalized spacial score (nSPS) is 9.59. The smallest absolute Gasteiger partial charge is 0.247 e. The molecule has 0 spiro atoms. The molecule has 0 atom stereocenters. The largest absolute Gasteiger partial charge is 0.338 e. The Morgan fingerprint density at radius 3 is 1.53 bits per heavy atom. The third kappa shape index (κ3) is 2.01. The molecule has 17 heavy (non-hydrogen) atoms. The van der Waals surface area contributed by atoms with Gasteiger partial charge in [-0.05, 0) is 6.92 Å². The number of rotatable bonds is 3. The van der Waals surface area contributed by atoms with Crippen LogP contribution in [0.2, 0.25) is 0 Å². The van der Waals surface area contributed by atoms with Crippen LogP contribution < -0.4 is 17.1 Å². The Kier molecular flexibility index (Phi) is 3.62. The van der Waals surface area contributed by atoms with Crippen molar-refractivity contribution in [1.82, 2.24) is 13.7 Å². The maximum Gasteiger partial charge on any atom is 0.338 e. The Balaban J connectivity index is 3.79. The quantitative estimate of drug-likeness (QED) is 0.615. The maximum atomic E-state index is 11.7. The van der Waals surface area contributed by atoms with Crippen molar-refractivity contribution in [2.24, 2.45) is 0 Å². The third-order valence-corrected chi connectivity index (χ3v) is 2.16. The minimum absolute atomic E-state index is 0.0643. The first-order valence-electron chi connectivity index (χ1n) is 4.76. The van der Waals surface area contributed by atoms with Crippen LogP contribution in [0, 0.1) is 22.7 Å². The van der Waals surface area contributed by atoms with Crippen molar-refractivity contribution in [3.8, 4) is 12.1 Å². The lowest BCUT2D eigenvalue weighted by atomic mass is 10.6. The number of aromatic nitrogens is 3. The monoisotopic (exact) mass is 235 g/mol. The van der Waals surface area contributed by atoms with Crippen molar-refractivity contribution >= 4 is 0 Å². The highest BCUT2D eigenvalue weighted by Gasteiger charge is 2.13. The predicted octanol–water partition coefficient (Wildman–Crippen LogP) is -1.76. The SMILES string of the molecule is CCn1c(=O)n(CC#N)c(=O)n(CC#N)c1=O. The Bertz CT molecular complexity index is 625. The summed E-state index contributed by atoms with van der Waals surface area (Å²) in [6.07, 6.45) is 0. The van der Waals surface area contributed by atoms with E-state index >= 15 is 0 Å². The van der Waals surface area contributed by atoms with Gasteiger partial charge in [0.2, 0.25) is 0 Å². The van der Waals surface area contributed by atoms with E-state index in [0.717, 1.165) is 4.57 Å². The third-order valence-electron chi connectivity index (χ3n) is 2.16. The molecule has 0 amide bonds. The van der Waals surface area contributed by atoms with Gasteiger partial charge in [0.05, 0.1) is 12.1 Å². The molecule has 0 aliphatic heterocycles. The predicted molar refractivity (Wildman–Crippen MR) is 56.1 cm³/mol. The van der Waals surface area contributed by atoms with Gasteiger partial charge in [-0.25, -0.2) is 28.1 Å². The molecule has 8 heteroatoms. The zero-order valence-corrected chi connectivity index (χ0v) is 9.08. The van der Waals surface area contributed by atoms with Crippen LogP contribution in [0.4, 0.5) is 0 Å². The summed E-state index contributed by atoms with van der Waals surface area (Å²) >= 11 is 0. The van der Waals surface area contributed by atoms with E-state index in [1.807, 2.05) is 0 Å². The summed E-state index contributed by atoms with van der Waals surface area (Å²) in [4.78, 5) is 35.0. The average Bonchev–Trinajstić information content (AvgIpc) is 2.31. The van der Waals surface area contributed by atoms with Gasteiger partial charge in [-0.1, -0.05) is 0 Å². The molecule has 0 radical (unpaired) electrons. The van der Waals surface area contributed by atoms with Crippen LogP contribution >= 0.6 is 0 Å². The standard InChI is InChI=1S/C9H9N5O3/c1-2-12-7(15)13(5-3-10)9(17)14(6-4-11)8(12)16/h2,5-6H2,1H3. The van der Waals surface area contributed by atoms with Gasteiger partial charge in [0.1, 0.15) is 13.1 Å². The van der Waals surface area contributed by atoms with Gasteiger partial charge < -0.3 is 0 Å².